The molecule has 6 heteroatoms. The van der Waals surface area contributed by atoms with Crippen molar-refractivity contribution >= 4 is 40.2 Å². The van der Waals surface area contributed by atoms with Gasteiger partial charge in [-0.3, -0.25) is 4.79 Å². The Balaban J connectivity index is 2.07. The minimum Gasteiger partial charge on any atom is -0.465 e. The number of benzene rings is 1. The van der Waals surface area contributed by atoms with Gasteiger partial charge < -0.3 is 14.5 Å². The predicted octanol–water partition coefficient (Wildman–Crippen LogP) is 2.92. The molecule has 1 N–H and O–H groups in total. The first kappa shape index (κ1) is 13.6. The van der Waals surface area contributed by atoms with Crippen LogP contribution in [0, 0.1) is 3.77 Å². The average molecular weight is 371 g/mol. The van der Waals surface area contributed by atoms with Crippen LogP contribution in [0.3, 0.4) is 0 Å². The van der Waals surface area contributed by atoms with Crippen LogP contribution < -0.4 is 5.32 Å². The molecule has 19 heavy (non-hydrogen) atoms. The number of anilines is 1. The van der Waals surface area contributed by atoms with E-state index >= 15 is 0 Å². The van der Waals surface area contributed by atoms with Gasteiger partial charge >= 0.3 is 5.97 Å². The number of hydrogen-bond donors (Lipinski definition) is 1. The van der Waals surface area contributed by atoms with Crippen molar-refractivity contribution < 1.29 is 18.7 Å². The molecule has 0 bridgehead atoms. The Morgan fingerprint density at radius 1 is 1.16 bits per heavy atom. The molecule has 0 aliphatic heterocycles. The van der Waals surface area contributed by atoms with Crippen LogP contribution in [0.2, 0.25) is 0 Å². The first-order valence-corrected chi connectivity index (χ1v) is 6.43. The second-order valence-electron chi connectivity index (χ2n) is 3.63. The molecule has 98 valence electrons. The van der Waals surface area contributed by atoms with Crippen LogP contribution in [-0.4, -0.2) is 19.0 Å². The molecule has 0 aliphatic carbocycles. The SMILES string of the molecule is COC(=O)c1ccc(NC(=O)c2ccc(I)o2)cc1. The zero-order chi connectivity index (χ0) is 13.8. The fraction of sp³-hybridized carbons (Fsp3) is 0.0769. The summed E-state index contributed by atoms with van der Waals surface area (Å²) in [4.78, 5) is 23.0. The highest BCUT2D eigenvalue weighted by Crippen LogP contribution is 2.14. The highest BCUT2D eigenvalue weighted by molar-refractivity contribution is 14.1. The number of methoxy groups -OCH3 is 1. The fourth-order valence-corrected chi connectivity index (χ4v) is 1.85. The summed E-state index contributed by atoms with van der Waals surface area (Å²) in [6, 6.07) is 9.70. The van der Waals surface area contributed by atoms with Crippen molar-refractivity contribution in [3.63, 3.8) is 0 Å². The summed E-state index contributed by atoms with van der Waals surface area (Å²) in [6.45, 7) is 0. The summed E-state index contributed by atoms with van der Waals surface area (Å²) in [7, 11) is 1.32. The Morgan fingerprint density at radius 2 is 1.84 bits per heavy atom. The quantitative estimate of drug-likeness (QED) is 0.666. The molecule has 5 nitrogen and oxygen atoms in total. The topological polar surface area (TPSA) is 68.5 Å². The number of hydrogen-bond acceptors (Lipinski definition) is 4. The second-order valence-corrected chi connectivity index (χ2v) is 4.69. The summed E-state index contributed by atoms with van der Waals surface area (Å²) >= 11 is 1.98. The fourth-order valence-electron chi connectivity index (χ4n) is 1.44. The van der Waals surface area contributed by atoms with Gasteiger partial charge in [-0.2, -0.15) is 0 Å². The third-order valence-corrected chi connectivity index (χ3v) is 2.94. The van der Waals surface area contributed by atoms with Crippen LogP contribution in [0.15, 0.2) is 40.8 Å². The van der Waals surface area contributed by atoms with Gasteiger partial charge in [0, 0.05) is 5.69 Å². The van der Waals surface area contributed by atoms with Crippen LogP contribution in [-0.2, 0) is 4.74 Å². The molecule has 1 aromatic heterocycles. The lowest BCUT2D eigenvalue weighted by molar-refractivity contribution is 0.0600. The number of rotatable bonds is 3. The Morgan fingerprint density at radius 3 is 2.37 bits per heavy atom. The molecule has 0 radical (unpaired) electrons. The van der Waals surface area contributed by atoms with Gasteiger partial charge in [0.1, 0.15) is 0 Å². The molecule has 0 aliphatic rings. The predicted molar refractivity (Wildman–Crippen MR) is 77.2 cm³/mol. The van der Waals surface area contributed by atoms with Crippen molar-refractivity contribution in [3.8, 4) is 0 Å². The summed E-state index contributed by atoms with van der Waals surface area (Å²) in [5.74, 6) is -0.520. The van der Waals surface area contributed by atoms with E-state index in [1.165, 1.54) is 7.11 Å². The molecule has 0 unspecified atom stereocenters. The molecule has 0 saturated heterocycles. The van der Waals surface area contributed by atoms with Crippen molar-refractivity contribution in [2.75, 3.05) is 12.4 Å². The summed E-state index contributed by atoms with van der Waals surface area (Å²) < 4.78 is 10.4. The average Bonchev–Trinajstić information content (AvgIpc) is 2.85. The number of carbonyl (C=O) groups is 2. The number of carbonyl (C=O) groups excluding carboxylic acids is 2. The van der Waals surface area contributed by atoms with E-state index in [0.29, 0.717) is 15.0 Å². The van der Waals surface area contributed by atoms with Crippen LogP contribution in [0.1, 0.15) is 20.9 Å². The van der Waals surface area contributed by atoms with Crippen molar-refractivity contribution in [3.05, 3.63) is 51.5 Å². The maximum Gasteiger partial charge on any atom is 0.337 e. The lowest BCUT2D eigenvalue weighted by atomic mass is 10.2. The van der Waals surface area contributed by atoms with Gasteiger partial charge in [0.05, 0.1) is 12.7 Å². The van der Waals surface area contributed by atoms with Gasteiger partial charge in [0.15, 0.2) is 9.53 Å². The van der Waals surface area contributed by atoms with Gasteiger partial charge in [-0.1, -0.05) is 0 Å². The van der Waals surface area contributed by atoms with E-state index in [4.69, 9.17) is 4.42 Å². The van der Waals surface area contributed by atoms with E-state index in [9.17, 15) is 9.59 Å². The van der Waals surface area contributed by atoms with Gasteiger partial charge in [-0.05, 0) is 59.0 Å². The first-order valence-electron chi connectivity index (χ1n) is 5.35. The standard InChI is InChI=1S/C13H10INO4/c1-18-13(17)8-2-4-9(5-3-8)15-12(16)10-6-7-11(14)19-10/h2-7H,1H3,(H,15,16). The number of ether oxygens (including phenoxy) is 1. The van der Waals surface area contributed by atoms with Crippen LogP contribution in [0.5, 0.6) is 0 Å². The van der Waals surface area contributed by atoms with Crippen molar-refractivity contribution in [1.82, 2.24) is 0 Å². The lowest BCUT2D eigenvalue weighted by Crippen LogP contribution is -2.11. The number of furan rings is 1. The molecule has 0 spiro atoms. The van der Waals surface area contributed by atoms with Crippen LogP contribution in [0.25, 0.3) is 0 Å². The molecule has 0 fully saturated rings. The third-order valence-electron chi connectivity index (χ3n) is 2.36. The zero-order valence-corrected chi connectivity index (χ0v) is 12.1. The van der Waals surface area contributed by atoms with Gasteiger partial charge in [-0.25, -0.2) is 4.79 Å². The Labute approximate surface area is 123 Å². The third kappa shape index (κ3) is 3.34. The maximum absolute atomic E-state index is 11.8. The normalized spacial score (nSPS) is 10.0. The van der Waals surface area contributed by atoms with E-state index in [2.05, 4.69) is 10.1 Å². The Hall–Kier alpha value is -1.83. The van der Waals surface area contributed by atoms with Gasteiger partial charge in [-0.15, -0.1) is 0 Å². The van der Waals surface area contributed by atoms with E-state index < -0.39 is 5.97 Å². The summed E-state index contributed by atoms with van der Waals surface area (Å²) in [5, 5.41) is 2.67. The van der Waals surface area contributed by atoms with Crippen molar-refractivity contribution in [2.45, 2.75) is 0 Å². The van der Waals surface area contributed by atoms with Gasteiger partial charge in [0.25, 0.3) is 5.91 Å². The molecule has 0 atom stereocenters. The minimum atomic E-state index is -0.418. The van der Waals surface area contributed by atoms with Crippen molar-refractivity contribution in [1.29, 1.82) is 0 Å². The first-order chi connectivity index (χ1) is 9.10. The number of amides is 1. The van der Waals surface area contributed by atoms with E-state index in [1.54, 1.807) is 36.4 Å². The lowest BCUT2D eigenvalue weighted by Gasteiger charge is -2.04. The molecular formula is C13H10INO4. The monoisotopic (exact) mass is 371 g/mol. The largest absolute Gasteiger partial charge is 0.465 e. The second kappa shape index (κ2) is 5.87. The van der Waals surface area contributed by atoms with Crippen molar-refractivity contribution in [2.24, 2.45) is 0 Å². The smallest absolute Gasteiger partial charge is 0.337 e. The summed E-state index contributed by atoms with van der Waals surface area (Å²) in [5.41, 5.74) is 0.997. The molecule has 1 heterocycles. The minimum absolute atomic E-state index is 0.237. The van der Waals surface area contributed by atoms with Crippen LogP contribution >= 0.6 is 22.6 Å². The molecule has 1 aromatic carbocycles. The van der Waals surface area contributed by atoms with Gasteiger partial charge in [0.2, 0.25) is 0 Å². The highest BCUT2D eigenvalue weighted by atomic mass is 127. The molecule has 1 amide bonds. The molecule has 2 aromatic rings. The molecule has 2 rings (SSSR count). The maximum atomic E-state index is 11.8. The van der Waals surface area contributed by atoms with E-state index in [1.807, 2.05) is 22.6 Å². The number of nitrogens with one attached hydrogen (secondary N) is 1. The Kier molecular flexibility index (Phi) is 4.20. The van der Waals surface area contributed by atoms with E-state index in [0.717, 1.165) is 0 Å². The molecule has 0 saturated carbocycles. The number of esters is 1. The Bertz CT molecular complexity index is 603. The van der Waals surface area contributed by atoms with Crippen LogP contribution in [0.4, 0.5) is 5.69 Å². The van der Waals surface area contributed by atoms with E-state index in [-0.39, 0.29) is 11.7 Å². The molecular weight excluding hydrogens is 361 g/mol. The highest BCUT2D eigenvalue weighted by Gasteiger charge is 2.11. The zero-order valence-electron chi connectivity index (χ0n) is 9.98. The summed E-state index contributed by atoms with van der Waals surface area (Å²) in [6.07, 6.45) is 0. The number of halogens is 1.